The summed E-state index contributed by atoms with van der Waals surface area (Å²) in [6.07, 6.45) is 1.25. The van der Waals surface area contributed by atoms with E-state index in [1.807, 2.05) is 24.3 Å². The highest BCUT2D eigenvalue weighted by Gasteiger charge is 2.34. The first-order valence-corrected chi connectivity index (χ1v) is 9.75. The zero-order valence-corrected chi connectivity index (χ0v) is 16.8. The highest BCUT2D eigenvalue weighted by Crippen LogP contribution is 2.37. The number of rotatable bonds is 6. The molecule has 0 aliphatic rings. The molecule has 0 unspecified atom stereocenters. The second kappa shape index (κ2) is 9.05. The lowest BCUT2D eigenvalue weighted by atomic mass is 9.96. The van der Waals surface area contributed by atoms with Gasteiger partial charge in [-0.1, -0.05) is 18.2 Å². The van der Waals surface area contributed by atoms with Crippen LogP contribution in [0.15, 0.2) is 79.4 Å². The molecule has 3 heterocycles. The van der Waals surface area contributed by atoms with Crippen molar-refractivity contribution in [2.45, 2.75) is 19.0 Å². The second-order valence-corrected chi connectivity index (χ2v) is 7.15. The van der Waals surface area contributed by atoms with E-state index in [1.165, 1.54) is 30.6 Å². The van der Waals surface area contributed by atoms with Crippen molar-refractivity contribution < 1.29 is 18.0 Å². The summed E-state index contributed by atoms with van der Waals surface area (Å²) in [5, 5.41) is 7.24. The third-order valence-electron chi connectivity index (χ3n) is 4.85. The van der Waals surface area contributed by atoms with Gasteiger partial charge in [-0.25, -0.2) is 0 Å². The van der Waals surface area contributed by atoms with Crippen molar-refractivity contribution in [3.8, 4) is 22.4 Å². The van der Waals surface area contributed by atoms with Gasteiger partial charge < -0.3 is 0 Å². The Bertz CT molecular complexity index is 1210. The van der Waals surface area contributed by atoms with Gasteiger partial charge >= 0.3 is 6.18 Å². The van der Waals surface area contributed by atoms with Crippen LogP contribution < -0.4 is 0 Å². The predicted molar refractivity (Wildman–Crippen MR) is 112 cm³/mol. The van der Waals surface area contributed by atoms with Crippen LogP contribution in [0.5, 0.6) is 0 Å². The number of aromatic nitrogens is 4. The number of nitrogens with zero attached hydrogens (tertiary/aromatic N) is 4. The molecule has 4 rings (SSSR count). The van der Waals surface area contributed by atoms with E-state index in [0.717, 1.165) is 17.3 Å². The van der Waals surface area contributed by atoms with Gasteiger partial charge in [0, 0.05) is 42.1 Å². The Morgan fingerprint density at radius 1 is 0.812 bits per heavy atom. The molecule has 3 aromatic heterocycles. The molecule has 5 nitrogen and oxygen atoms in total. The zero-order valence-electron chi connectivity index (χ0n) is 16.8. The van der Waals surface area contributed by atoms with Crippen LogP contribution in [0.25, 0.3) is 22.4 Å². The molecule has 0 saturated heterocycles. The van der Waals surface area contributed by atoms with Gasteiger partial charge in [0.2, 0.25) is 0 Å². The van der Waals surface area contributed by atoms with Crippen molar-refractivity contribution in [3.05, 3.63) is 96.2 Å². The second-order valence-electron chi connectivity index (χ2n) is 7.15. The van der Waals surface area contributed by atoms with Crippen LogP contribution in [0.3, 0.4) is 0 Å². The van der Waals surface area contributed by atoms with Crippen molar-refractivity contribution in [1.29, 1.82) is 0 Å². The third-order valence-corrected chi connectivity index (χ3v) is 4.85. The van der Waals surface area contributed by atoms with Crippen LogP contribution in [0.4, 0.5) is 13.2 Å². The van der Waals surface area contributed by atoms with Crippen molar-refractivity contribution in [2.24, 2.45) is 0 Å². The van der Waals surface area contributed by atoms with Crippen LogP contribution >= 0.6 is 0 Å². The number of hydrogen-bond acceptors (Lipinski definition) is 5. The van der Waals surface area contributed by atoms with Crippen LogP contribution in [-0.2, 0) is 23.8 Å². The quantitative estimate of drug-likeness (QED) is 0.428. The molecule has 0 radical (unpaired) electrons. The SMILES string of the molecule is O=C(Cc1ccc(-c2ccnnc2)c(C(F)(F)F)c1)Cc1ccc(-c2ccccn2)cn1. The van der Waals surface area contributed by atoms with E-state index in [9.17, 15) is 18.0 Å². The molecule has 0 N–H and O–H groups in total. The summed E-state index contributed by atoms with van der Waals surface area (Å²) in [5.41, 5.74) is 1.91. The van der Waals surface area contributed by atoms with Crippen molar-refractivity contribution in [1.82, 2.24) is 20.2 Å². The van der Waals surface area contributed by atoms with E-state index in [1.54, 1.807) is 18.5 Å². The van der Waals surface area contributed by atoms with Crippen LogP contribution in [0.2, 0.25) is 0 Å². The van der Waals surface area contributed by atoms with Crippen molar-refractivity contribution >= 4 is 5.78 Å². The van der Waals surface area contributed by atoms with Gasteiger partial charge in [-0.2, -0.15) is 23.4 Å². The summed E-state index contributed by atoms with van der Waals surface area (Å²) >= 11 is 0. The Morgan fingerprint density at radius 2 is 1.69 bits per heavy atom. The molecule has 8 heteroatoms. The summed E-state index contributed by atoms with van der Waals surface area (Å²) < 4.78 is 40.9. The minimum absolute atomic E-state index is 0.00428. The van der Waals surface area contributed by atoms with Crippen LogP contribution in [-0.4, -0.2) is 25.9 Å². The summed E-state index contributed by atoms with van der Waals surface area (Å²) in [4.78, 5) is 21.0. The molecule has 4 aromatic rings. The largest absolute Gasteiger partial charge is 0.417 e. The molecule has 0 fully saturated rings. The molecule has 0 atom stereocenters. The van der Waals surface area contributed by atoms with E-state index in [2.05, 4.69) is 20.2 Å². The normalized spacial score (nSPS) is 11.3. The van der Waals surface area contributed by atoms with Crippen LogP contribution in [0, 0.1) is 0 Å². The van der Waals surface area contributed by atoms with Gasteiger partial charge in [0.1, 0.15) is 5.78 Å². The topological polar surface area (TPSA) is 68.6 Å². The Morgan fingerprint density at radius 3 is 2.34 bits per heavy atom. The molecule has 0 aliphatic heterocycles. The lowest BCUT2D eigenvalue weighted by molar-refractivity contribution is -0.137. The fourth-order valence-electron chi connectivity index (χ4n) is 3.34. The fraction of sp³-hybridized carbons (Fsp3) is 0.125. The molecule has 0 amide bonds. The van der Waals surface area contributed by atoms with Gasteiger partial charge in [0.25, 0.3) is 0 Å². The van der Waals surface area contributed by atoms with Gasteiger partial charge in [-0.3, -0.25) is 14.8 Å². The van der Waals surface area contributed by atoms with Gasteiger partial charge in [0.05, 0.1) is 23.7 Å². The Kier molecular flexibility index (Phi) is 6.02. The smallest absolute Gasteiger partial charge is 0.299 e. The first kappa shape index (κ1) is 21.3. The Hall–Kier alpha value is -3.94. The lowest BCUT2D eigenvalue weighted by Gasteiger charge is -2.14. The zero-order chi connectivity index (χ0) is 22.6. The fourth-order valence-corrected chi connectivity index (χ4v) is 3.34. The molecule has 32 heavy (non-hydrogen) atoms. The Labute approximate surface area is 182 Å². The summed E-state index contributed by atoms with van der Waals surface area (Å²) in [5.74, 6) is -0.227. The number of halogens is 3. The minimum Gasteiger partial charge on any atom is -0.299 e. The number of alkyl halides is 3. The molecular formula is C24H17F3N4O. The van der Waals surface area contributed by atoms with E-state index in [0.29, 0.717) is 11.3 Å². The average Bonchev–Trinajstić information content (AvgIpc) is 2.80. The molecule has 0 aliphatic carbocycles. The summed E-state index contributed by atoms with van der Waals surface area (Å²) in [7, 11) is 0. The highest BCUT2D eigenvalue weighted by atomic mass is 19.4. The van der Waals surface area contributed by atoms with E-state index in [-0.39, 0.29) is 29.8 Å². The molecule has 0 bridgehead atoms. The molecule has 1 aromatic carbocycles. The third kappa shape index (κ3) is 5.03. The minimum atomic E-state index is -4.57. The molecule has 160 valence electrons. The highest BCUT2D eigenvalue weighted by molar-refractivity contribution is 5.83. The Balaban J connectivity index is 1.50. The van der Waals surface area contributed by atoms with Crippen LogP contribution in [0.1, 0.15) is 16.8 Å². The number of hydrogen-bond donors (Lipinski definition) is 0. The maximum Gasteiger partial charge on any atom is 0.417 e. The number of carbonyl (C=O) groups excluding carboxylic acids is 1. The number of carbonyl (C=O) groups is 1. The average molecular weight is 434 g/mol. The molecule has 0 spiro atoms. The van der Waals surface area contributed by atoms with E-state index in [4.69, 9.17) is 0 Å². The van der Waals surface area contributed by atoms with Gasteiger partial charge in [0.15, 0.2) is 0 Å². The standard InChI is InChI=1S/C24H17F3N4O/c25-24(26,27)22-12-16(4-7-21(22)17-8-10-30-31-15-17)11-20(32)13-19-6-5-18(14-29-19)23-3-1-2-9-28-23/h1-10,12,14-15H,11,13H2. The van der Waals surface area contributed by atoms with E-state index < -0.39 is 11.7 Å². The monoisotopic (exact) mass is 434 g/mol. The lowest BCUT2D eigenvalue weighted by Crippen LogP contribution is -2.11. The van der Waals surface area contributed by atoms with Crippen molar-refractivity contribution in [3.63, 3.8) is 0 Å². The van der Waals surface area contributed by atoms with Gasteiger partial charge in [-0.05, 0) is 47.5 Å². The first-order valence-electron chi connectivity index (χ1n) is 9.75. The van der Waals surface area contributed by atoms with Crippen molar-refractivity contribution in [2.75, 3.05) is 0 Å². The first-order chi connectivity index (χ1) is 15.4. The maximum absolute atomic E-state index is 13.6. The molecular weight excluding hydrogens is 417 g/mol. The maximum atomic E-state index is 13.6. The number of ketones is 1. The van der Waals surface area contributed by atoms with Gasteiger partial charge in [-0.15, -0.1) is 0 Å². The number of benzene rings is 1. The summed E-state index contributed by atoms with van der Waals surface area (Å²) in [6, 6.07) is 14.4. The number of pyridine rings is 2. The predicted octanol–water partition coefficient (Wildman–Crippen LogP) is 4.97. The molecule has 0 saturated carbocycles. The number of Topliss-reactive ketones (excluding diaryl/α,β-unsaturated/α-hetero) is 1. The van der Waals surface area contributed by atoms with E-state index >= 15 is 0 Å². The summed E-state index contributed by atoms with van der Waals surface area (Å²) in [6.45, 7) is 0.